The Labute approximate surface area is 189 Å². The number of nitrogens with zero attached hydrogens (tertiary/aromatic N) is 2. The normalized spacial score (nSPS) is 22.7. The maximum absolute atomic E-state index is 13.6. The van der Waals surface area contributed by atoms with Crippen molar-refractivity contribution in [3.8, 4) is 0 Å². The van der Waals surface area contributed by atoms with E-state index in [4.69, 9.17) is 11.6 Å². The fraction of sp³-hybridized carbons (Fsp3) is 0.440. The molecule has 0 aliphatic carbocycles. The smallest absolute Gasteiger partial charge is 0.232 e. The molecule has 2 heterocycles. The fourth-order valence-electron chi connectivity index (χ4n) is 5.00. The van der Waals surface area contributed by atoms with Crippen molar-refractivity contribution in [3.05, 3.63) is 70.7 Å². The molecule has 2 fully saturated rings. The molecule has 164 valence electrons. The van der Waals surface area contributed by atoms with Gasteiger partial charge in [0.2, 0.25) is 11.8 Å². The Bertz CT molecular complexity index is 935. The highest BCUT2D eigenvalue weighted by atomic mass is 35.5. The Balaban J connectivity index is 1.46. The van der Waals surface area contributed by atoms with E-state index in [1.54, 1.807) is 0 Å². The predicted molar refractivity (Wildman–Crippen MR) is 123 cm³/mol. The molecule has 0 aromatic heterocycles. The first kappa shape index (κ1) is 21.8. The summed E-state index contributed by atoms with van der Waals surface area (Å²) < 4.78 is 0. The van der Waals surface area contributed by atoms with Crippen LogP contribution >= 0.6 is 11.6 Å². The lowest BCUT2D eigenvalue weighted by Crippen LogP contribution is -2.48. The van der Waals surface area contributed by atoms with E-state index in [0.29, 0.717) is 31.0 Å². The SMILES string of the molecule is CCN(CCNC(=O)[C@@]1(c2ccccc2Cl)C[C@@H]2CCC(=O)N2C1)Cc1ccccc1. The van der Waals surface area contributed by atoms with Crippen molar-refractivity contribution < 1.29 is 9.59 Å². The summed E-state index contributed by atoms with van der Waals surface area (Å²) >= 11 is 6.54. The van der Waals surface area contributed by atoms with Crippen LogP contribution in [0.3, 0.4) is 0 Å². The summed E-state index contributed by atoms with van der Waals surface area (Å²) in [5, 5.41) is 3.76. The zero-order valence-corrected chi connectivity index (χ0v) is 18.8. The number of rotatable bonds is 8. The molecule has 4 rings (SSSR count). The molecule has 2 atom stereocenters. The molecule has 0 saturated carbocycles. The van der Waals surface area contributed by atoms with Crippen molar-refractivity contribution in [2.75, 3.05) is 26.2 Å². The highest BCUT2D eigenvalue weighted by molar-refractivity contribution is 6.31. The molecule has 31 heavy (non-hydrogen) atoms. The van der Waals surface area contributed by atoms with E-state index in [0.717, 1.165) is 31.6 Å². The second-order valence-corrected chi connectivity index (χ2v) is 9.00. The maximum atomic E-state index is 13.6. The van der Waals surface area contributed by atoms with E-state index in [2.05, 4.69) is 29.3 Å². The van der Waals surface area contributed by atoms with E-state index in [1.807, 2.05) is 47.4 Å². The van der Waals surface area contributed by atoms with Crippen LogP contribution in [0.4, 0.5) is 0 Å². The quantitative estimate of drug-likeness (QED) is 0.683. The Morgan fingerprint density at radius 1 is 1.19 bits per heavy atom. The second-order valence-electron chi connectivity index (χ2n) is 8.59. The number of hydrogen-bond donors (Lipinski definition) is 1. The molecule has 5 nitrogen and oxygen atoms in total. The molecule has 0 radical (unpaired) electrons. The van der Waals surface area contributed by atoms with Gasteiger partial charge in [-0.3, -0.25) is 14.5 Å². The Kier molecular flexibility index (Phi) is 6.63. The van der Waals surface area contributed by atoms with E-state index in [1.165, 1.54) is 5.56 Å². The molecular weight excluding hydrogens is 410 g/mol. The van der Waals surface area contributed by atoms with Crippen LogP contribution in [0.5, 0.6) is 0 Å². The molecular formula is C25H30ClN3O2. The van der Waals surface area contributed by atoms with Crippen LogP contribution in [-0.2, 0) is 21.5 Å². The van der Waals surface area contributed by atoms with Crippen molar-refractivity contribution >= 4 is 23.4 Å². The summed E-state index contributed by atoms with van der Waals surface area (Å²) in [6.45, 7) is 5.63. The molecule has 2 aliphatic rings. The summed E-state index contributed by atoms with van der Waals surface area (Å²) in [6, 6.07) is 18.0. The maximum Gasteiger partial charge on any atom is 0.232 e. The van der Waals surface area contributed by atoms with Gasteiger partial charge in [0.05, 0.1) is 5.41 Å². The lowest BCUT2D eigenvalue weighted by molar-refractivity contribution is -0.129. The molecule has 6 heteroatoms. The van der Waals surface area contributed by atoms with E-state index < -0.39 is 5.41 Å². The van der Waals surface area contributed by atoms with Gasteiger partial charge in [0.1, 0.15) is 0 Å². The highest BCUT2D eigenvalue weighted by Gasteiger charge is 2.54. The van der Waals surface area contributed by atoms with Gasteiger partial charge in [-0.2, -0.15) is 0 Å². The third-order valence-corrected chi connectivity index (χ3v) is 7.04. The van der Waals surface area contributed by atoms with Crippen LogP contribution in [-0.4, -0.2) is 53.8 Å². The number of carbonyl (C=O) groups is 2. The summed E-state index contributed by atoms with van der Waals surface area (Å²) in [5.74, 6) is 0.116. The second kappa shape index (κ2) is 9.41. The van der Waals surface area contributed by atoms with E-state index in [9.17, 15) is 9.59 Å². The van der Waals surface area contributed by atoms with Crippen LogP contribution in [0, 0.1) is 0 Å². The molecule has 1 N–H and O–H groups in total. The summed E-state index contributed by atoms with van der Waals surface area (Å²) in [6.07, 6.45) is 2.03. The van der Waals surface area contributed by atoms with Crippen LogP contribution in [0.15, 0.2) is 54.6 Å². The number of amides is 2. The van der Waals surface area contributed by atoms with Crippen molar-refractivity contribution in [3.63, 3.8) is 0 Å². The molecule has 2 aliphatic heterocycles. The van der Waals surface area contributed by atoms with Gasteiger partial charge < -0.3 is 10.2 Å². The minimum absolute atomic E-state index is 0.0291. The minimum Gasteiger partial charge on any atom is -0.354 e. The van der Waals surface area contributed by atoms with E-state index in [-0.39, 0.29) is 17.9 Å². The standard InChI is InChI=1S/C25H30ClN3O2/c1-2-28(17-19-8-4-3-5-9-19)15-14-27-24(31)25(21-10-6-7-11-22(21)26)16-20-12-13-23(30)29(20)18-25/h3-11,20H,2,12-18H2,1H3,(H,27,31)/t20-,25-/m0/s1. The molecule has 0 spiro atoms. The first-order valence-corrected chi connectivity index (χ1v) is 11.5. The van der Waals surface area contributed by atoms with Crippen molar-refractivity contribution in [2.24, 2.45) is 0 Å². The van der Waals surface area contributed by atoms with Crippen molar-refractivity contribution in [2.45, 2.75) is 44.2 Å². The predicted octanol–water partition coefficient (Wildman–Crippen LogP) is 3.61. The van der Waals surface area contributed by atoms with Crippen LogP contribution < -0.4 is 5.32 Å². The third-order valence-electron chi connectivity index (χ3n) is 6.71. The monoisotopic (exact) mass is 439 g/mol. The number of carbonyl (C=O) groups excluding carboxylic acids is 2. The first-order valence-electron chi connectivity index (χ1n) is 11.1. The summed E-state index contributed by atoms with van der Waals surface area (Å²) in [5.41, 5.74) is 1.31. The summed E-state index contributed by atoms with van der Waals surface area (Å²) in [7, 11) is 0. The van der Waals surface area contributed by atoms with Gasteiger partial charge in [0.15, 0.2) is 0 Å². The average molecular weight is 440 g/mol. The molecule has 2 aromatic carbocycles. The van der Waals surface area contributed by atoms with Gasteiger partial charge in [0.25, 0.3) is 0 Å². The first-order chi connectivity index (χ1) is 15.0. The molecule has 2 amide bonds. The summed E-state index contributed by atoms with van der Waals surface area (Å²) in [4.78, 5) is 30.1. The lowest BCUT2D eigenvalue weighted by Gasteiger charge is -2.30. The van der Waals surface area contributed by atoms with Crippen LogP contribution in [0.2, 0.25) is 5.02 Å². The van der Waals surface area contributed by atoms with Gasteiger partial charge >= 0.3 is 0 Å². The van der Waals surface area contributed by atoms with E-state index >= 15 is 0 Å². The van der Waals surface area contributed by atoms with Crippen molar-refractivity contribution in [1.82, 2.24) is 15.1 Å². The van der Waals surface area contributed by atoms with Gasteiger partial charge in [-0.15, -0.1) is 0 Å². The number of halogens is 1. The lowest BCUT2D eigenvalue weighted by atomic mass is 9.76. The van der Waals surface area contributed by atoms with Gasteiger partial charge in [-0.1, -0.05) is 67.1 Å². The highest BCUT2D eigenvalue weighted by Crippen LogP contribution is 2.45. The number of hydrogen-bond acceptors (Lipinski definition) is 3. The minimum atomic E-state index is -0.782. The molecule has 0 bridgehead atoms. The number of benzene rings is 2. The fourth-order valence-corrected chi connectivity index (χ4v) is 5.32. The zero-order chi connectivity index (χ0) is 21.8. The van der Waals surface area contributed by atoms with Crippen LogP contribution in [0.1, 0.15) is 37.3 Å². The van der Waals surface area contributed by atoms with Gasteiger partial charge in [0, 0.05) is 43.7 Å². The Hall–Kier alpha value is -2.37. The number of nitrogens with one attached hydrogen (secondary N) is 1. The van der Waals surface area contributed by atoms with Crippen molar-refractivity contribution in [1.29, 1.82) is 0 Å². The number of fused-ring (bicyclic) bond motifs is 1. The molecule has 2 saturated heterocycles. The Morgan fingerprint density at radius 2 is 1.94 bits per heavy atom. The zero-order valence-electron chi connectivity index (χ0n) is 18.0. The number of likely N-dealkylation sites (N-methyl/N-ethyl adjacent to an activating group) is 1. The van der Waals surface area contributed by atoms with Gasteiger partial charge in [-0.05, 0) is 36.6 Å². The topological polar surface area (TPSA) is 52.7 Å². The molecule has 2 aromatic rings. The Morgan fingerprint density at radius 3 is 2.65 bits per heavy atom. The van der Waals surface area contributed by atoms with Crippen LogP contribution in [0.25, 0.3) is 0 Å². The van der Waals surface area contributed by atoms with Gasteiger partial charge in [-0.25, -0.2) is 0 Å². The largest absolute Gasteiger partial charge is 0.354 e. The third kappa shape index (κ3) is 4.48. The molecule has 0 unspecified atom stereocenters. The average Bonchev–Trinajstić information content (AvgIpc) is 3.33.